The van der Waals surface area contributed by atoms with Gasteiger partial charge in [0.05, 0.1) is 7.11 Å². The van der Waals surface area contributed by atoms with Crippen molar-refractivity contribution in [3.63, 3.8) is 0 Å². The molecule has 0 heterocycles. The van der Waals surface area contributed by atoms with E-state index in [9.17, 15) is 5.11 Å². The lowest BCUT2D eigenvalue weighted by Crippen LogP contribution is -2.02. The minimum atomic E-state index is 0.361. The molecule has 0 saturated carbocycles. The Kier molecular flexibility index (Phi) is 7.35. The van der Waals surface area contributed by atoms with Crippen LogP contribution in [-0.4, -0.2) is 12.2 Å². The Labute approximate surface area is 175 Å². The van der Waals surface area contributed by atoms with E-state index in [4.69, 9.17) is 4.74 Å². The van der Waals surface area contributed by atoms with E-state index < -0.39 is 0 Å². The van der Waals surface area contributed by atoms with Gasteiger partial charge in [-0.05, 0) is 71.7 Å². The molecule has 3 rings (SSSR count). The number of benzene rings is 3. The highest BCUT2D eigenvalue weighted by molar-refractivity contribution is 5.90. The SMILES string of the molecule is CCCCc1cc(O)c(-c2ccc(OC)cc2)c(-c2ccccc2)c1CCCC. The van der Waals surface area contributed by atoms with Crippen LogP contribution in [-0.2, 0) is 12.8 Å². The molecule has 0 saturated heterocycles. The zero-order chi connectivity index (χ0) is 20.6. The van der Waals surface area contributed by atoms with E-state index in [1.54, 1.807) is 7.11 Å². The molecular weight excluding hydrogens is 356 g/mol. The van der Waals surface area contributed by atoms with E-state index in [1.165, 1.54) is 16.7 Å². The molecular formula is C27H32O2. The first-order valence-corrected chi connectivity index (χ1v) is 10.8. The molecule has 0 spiro atoms. The third-order valence-corrected chi connectivity index (χ3v) is 5.53. The Balaban J connectivity index is 2.27. The van der Waals surface area contributed by atoms with Gasteiger partial charge in [0.2, 0.25) is 0 Å². The summed E-state index contributed by atoms with van der Waals surface area (Å²) in [4.78, 5) is 0. The number of ether oxygens (including phenoxy) is 1. The van der Waals surface area contributed by atoms with Crippen LogP contribution in [0.25, 0.3) is 22.3 Å². The monoisotopic (exact) mass is 388 g/mol. The molecule has 2 nitrogen and oxygen atoms in total. The molecule has 1 N–H and O–H groups in total. The summed E-state index contributed by atoms with van der Waals surface area (Å²) in [5, 5.41) is 11.1. The van der Waals surface area contributed by atoms with Crippen molar-refractivity contribution in [2.45, 2.75) is 52.4 Å². The maximum Gasteiger partial charge on any atom is 0.124 e. The zero-order valence-corrected chi connectivity index (χ0v) is 17.9. The van der Waals surface area contributed by atoms with Gasteiger partial charge < -0.3 is 9.84 Å². The van der Waals surface area contributed by atoms with E-state index in [0.717, 1.165) is 61.0 Å². The second-order valence-corrected chi connectivity index (χ2v) is 7.59. The van der Waals surface area contributed by atoms with Crippen molar-refractivity contribution in [1.82, 2.24) is 0 Å². The second kappa shape index (κ2) is 10.2. The van der Waals surface area contributed by atoms with Gasteiger partial charge in [-0.15, -0.1) is 0 Å². The molecule has 0 amide bonds. The minimum absolute atomic E-state index is 0.361. The Morgan fingerprint density at radius 1 is 0.759 bits per heavy atom. The number of hydrogen-bond acceptors (Lipinski definition) is 2. The lowest BCUT2D eigenvalue weighted by molar-refractivity contribution is 0.415. The van der Waals surface area contributed by atoms with E-state index >= 15 is 0 Å². The molecule has 152 valence electrons. The van der Waals surface area contributed by atoms with E-state index in [2.05, 4.69) is 38.1 Å². The van der Waals surface area contributed by atoms with Gasteiger partial charge in [-0.25, -0.2) is 0 Å². The number of phenolic OH excluding ortho intramolecular Hbond substituents is 1. The van der Waals surface area contributed by atoms with Gasteiger partial charge in [0.15, 0.2) is 0 Å². The van der Waals surface area contributed by atoms with Crippen molar-refractivity contribution in [3.8, 4) is 33.8 Å². The van der Waals surface area contributed by atoms with Crippen LogP contribution in [0.3, 0.4) is 0 Å². The Hall–Kier alpha value is -2.74. The summed E-state index contributed by atoms with van der Waals surface area (Å²) in [6, 6.07) is 20.5. The van der Waals surface area contributed by atoms with Crippen LogP contribution in [0.5, 0.6) is 11.5 Å². The quantitative estimate of drug-likeness (QED) is 0.413. The lowest BCUT2D eigenvalue weighted by atomic mass is 9.84. The first-order valence-electron chi connectivity index (χ1n) is 10.8. The van der Waals surface area contributed by atoms with E-state index in [1.807, 2.05) is 36.4 Å². The Bertz CT molecular complexity index is 912. The molecule has 0 aliphatic heterocycles. The highest BCUT2D eigenvalue weighted by Crippen LogP contribution is 2.44. The number of methoxy groups -OCH3 is 1. The van der Waals surface area contributed by atoms with Crippen LogP contribution in [0.2, 0.25) is 0 Å². The second-order valence-electron chi connectivity index (χ2n) is 7.59. The number of phenols is 1. The lowest BCUT2D eigenvalue weighted by Gasteiger charge is -2.21. The van der Waals surface area contributed by atoms with Crippen LogP contribution < -0.4 is 4.74 Å². The third kappa shape index (κ3) is 4.82. The molecule has 0 atom stereocenters. The highest BCUT2D eigenvalue weighted by Gasteiger charge is 2.20. The molecule has 0 radical (unpaired) electrons. The number of unbranched alkanes of at least 4 members (excludes halogenated alkanes) is 2. The third-order valence-electron chi connectivity index (χ3n) is 5.53. The van der Waals surface area contributed by atoms with Gasteiger partial charge >= 0.3 is 0 Å². The smallest absolute Gasteiger partial charge is 0.124 e. The Morgan fingerprint density at radius 3 is 2.00 bits per heavy atom. The number of hydrogen-bond donors (Lipinski definition) is 1. The molecule has 0 aliphatic rings. The average Bonchev–Trinajstić information content (AvgIpc) is 2.77. The van der Waals surface area contributed by atoms with E-state index in [-0.39, 0.29) is 0 Å². The number of rotatable bonds is 9. The number of aromatic hydroxyl groups is 1. The maximum absolute atomic E-state index is 11.1. The summed E-state index contributed by atoms with van der Waals surface area (Å²) in [6.07, 6.45) is 6.62. The Morgan fingerprint density at radius 2 is 1.38 bits per heavy atom. The van der Waals surface area contributed by atoms with E-state index in [0.29, 0.717) is 5.75 Å². The van der Waals surface area contributed by atoms with Crippen molar-refractivity contribution in [1.29, 1.82) is 0 Å². The van der Waals surface area contributed by atoms with Crippen LogP contribution in [0.15, 0.2) is 60.7 Å². The molecule has 3 aromatic carbocycles. The average molecular weight is 389 g/mol. The van der Waals surface area contributed by atoms with Crippen molar-refractivity contribution >= 4 is 0 Å². The first kappa shape index (κ1) is 21.0. The van der Waals surface area contributed by atoms with Gasteiger partial charge in [-0.1, -0.05) is 69.2 Å². The normalized spacial score (nSPS) is 10.9. The molecule has 0 aliphatic carbocycles. The predicted octanol–water partition coefficient (Wildman–Crippen LogP) is 7.42. The van der Waals surface area contributed by atoms with Crippen LogP contribution in [0, 0.1) is 0 Å². The summed E-state index contributed by atoms with van der Waals surface area (Å²) >= 11 is 0. The van der Waals surface area contributed by atoms with Crippen LogP contribution >= 0.6 is 0 Å². The van der Waals surface area contributed by atoms with Crippen molar-refractivity contribution in [3.05, 3.63) is 71.8 Å². The summed E-state index contributed by atoms with van der Waals surface area (Å²) in [6.45, 7) is 4.45. The fourth-order valence-electron chi connectivity index (χ4n) is 3.97. The topological polar surface area (TPSA) is 29.5 Å². The van der Waals surface area contributed by atoms with Gasteiger partial charge in [-0.2, -0.15) is 0 Å². The van der Waals surface area contributed by atoms with Gasteiger partial charge in [0.1, 0.15) is 11.5 Å². The fraction of sp³-hybridized carbons (Fsp3) is 0.333. The molecule has 0 aromatic heterocycles. The van der Waals surface area contributed by atoms with Crippen LogP contribution in [0.1, 0.15) is 50.7 Å². The maximum atomic E-state index is 11.1. The number of aryl methyl sites for hydroxylation is 1. The van der Waals surface area contributed by atoms with Crippen molar-refractivity contribution in [2.75, 3.05) is 7.11 Å². The predicted molar refractivity (Wildman–Crippen MR) is 123 cm³/mol. The van der Waals surface area contributed by atoms with Crippen LogP contribution in [0.4, 0.5) is 0 Å². The minimum Gasteiger partial charge on any atom is -0.507 e. The van der Waals surface area contributed by atoms with Gasteiger partial charge in [0.25, 0.3) is 0 Å². The van der Waals surface area contributed by atoms with Crippen molar-refractivity contribution < 1.29 is 9.84 Å². The fourth-order valence-corrected chi connectivity index (χ4v) is 3.97. The summed E-state index contributed by atoms with van der Waals surface area (Å²) in [7, 11) is 1.67. The molecule has 0 unspecified atom stereocenters. The standard InChI is InChI=1S/C27H32O2/c1-4-6-11-22-19-25(28)27(21-15-17-23(29-3)18-16-21)26(24(22)14-7-5-2)20-12-9-8-10-13-20/h8-10,12-13,15-19,28H,4-7,11,14H2,1-3H3. The summed E-state index contributed by atoms with van der Waals surface area (Å²) < 4.78 is 5.33. The van der Waals surface area contributed by atoms with Gasteiger partial charge in [0, 0.05) is 5.56 Å². The molecule has 0 bridgehead atoms. The molecule has 0 fully saturated rings. The summed E-state index contributed by atoms with van der Waals surface area (Å²) in [5.74, 6) is 1.18. The zero-order valence-electron chi connectivity index (χ0n) is 17.9. The van der Waals surface area contributed by atoms with Crippen molar-refractivity contribution in [2.24, 2.45) is 0 Å². The molecule has 29 heavy (non-hydrogen) atoms. The first-order chi connectivity index (χ1) is 14.2. The highest BCUT2D eigenvalue weighted by atomic mass is 16.5. The largest absolute Gasteiger partial charge is 0.507 e. The van der Waals surface area contributed by atoms with Gasteiger partial charge in [-0.3, -0.25) is 0 Å². The summed E-state index contributed by atoms with van der Waals surface area (Å²) in [5.41, 5.74) is 6.95. The molecule has 2 heteroatoms. The molecule has 3 aromatic rings.